The van der Waals surface area contributed by atoms with E-state index in [2.05, 4.69) is 22.0 Å². The Kier molecular flexibility index (Phi) is 5.73. The third-order valence-electron chi connectivity index (χ3n) is 5.41. The van der Waals surface area contributed by atoms with Crippen LogP contribution in [0.3, 0.4) is 0 Å². The van der Waals surface area contributed by atoms with E-state index in [-0.39, 0.29) is 10.6 Å². The molecule has 0 aromatic heterocycles. The molecule has 0 amide bonds. The van der Waals surface area contributed by atoms with Gasteiger partial charge in [0.2, 0.25) is 0 Å². The summed E-state index contributed by atoms with van der Waals surface area (Å²) in [6, 6.07) is 7.30. The number of rotatable bonds is 3. The molecule has 3 rings (SSSR count). The second-order valence-electron chi connectivity index (χ2n) is 7.07. The summed E-state index contributed by atoms with van der Waals surface area (Å²) >= 11 is 5.63. The van der Waals surface area contributed by atoms with E-state index in [1.54, 1.807) is 12.1 Å². The summed E-state index contributed by atoms with van der Waals surface area (Å²) in [5, 5.41) is 15.2. The molecule has 6 nitrogen and oxygen atoms in total. The summed E-state index contributed by atoms with van der Waals surface area (Å²) in [6.45, 7) is 5.82. The first-order valence-corrected chi connectivity index (χ1v) is 9.50. The van der Waals surface area contributed by atoms with Crippen LogP contribution in [0.1, 0.15) is 32.6 Å². The van der Waals surface area contributed by atoms with Crippen LogP contribution in [0.5, 0.6) is 0 Å². The van der Waals surface area contributed by atoms with E-state index < -0.39 is 0 Å². The molecule has 1 aliphatic carbocycles. The van der Waals surface area contributed by atoms with Gasteiger partial charge in [-0.25, -0.2) is 0 Å². The molecule has 1 saturated heterocycles. The van der Waals surface area contributed by atoms with Crippen LogP contribution >= 0.6 is 12.2 Å². The molecule has 0 bridgehead atoms. The summed E-state index contributed by atoms with van der Waals surface area (Å²) in [4.78, 5) is 14.9. The molecule has 2 aliphatic rings. The lowest BCUT2D eigenvalue weighted by Gasteiger charge is -2.39. The Morgan fingerprint density at radius 3 is 2.40 bits per heavy atom. The lowest BCUT2D eigenvalue weighted by atomic mass is 9.86. The molecule has 7 heteroatoms. The van der Waals surface area contributed by atoms with Crippen molar-refractivity contribution in [3.63, 3.8) is 0 Å². The molecule has 1 saturated carbocycles. The molecule has 0 unspecified atom stereocenters. The van der Waals surface area contributed by atoms with Crippen LogP contribution in [0.15, 0.2) is 24.3 Å². The van der Waals surface area contributed by atoms with E-state index >= 15 is 0 Å². The molecule has 1 aromatic carbocycles. The van der Waals surface area contributed by atoms with Crippen LogP contribution in [-0.4, -0.2) is 47.2 Å². The summed E-state index contributed by atoms with van der Waals surface area (Å²) < 4.78 is 0. The monoisotopic (exact) mass is 362 g/mol. The molecule has 25 heavy (non-hydrogen) atoms. The van der Waals surface area contributed by atoms with Crippen molar-refractivity contribution in [3.8, 4) is 0 Å². The van der Waals surface area contributed by atoms with E-state index in [0.717, 1.165) is 37.0 Å². The first kappa shape index (κ1) is 17.9. The van der Waals surface area contributed by atoms with Gasteiger partial charge in [-0.15, -0.1) is 0 Å². The SMILES string of the molecule is C[C@H]1CCCC[C@H]1NC(=S)N1CCN(c2ccc([N+](=O)[O-])cc2)CC1. The number of anilines is 1. The summed E-state index contributed by atoms with van der Waals surface area (Å²) in [6.07, 6.45) is 5.12. The number of benzene rings is 1. The Morgan fingerprint density at radius 2 is 1.80 bits per heavy atom. The largest absolute Gasteiger partial charge is 0.368 e. The smallest absolute Gasteiger partial charge is 0.269 e. The van der Waals surface area contributed by atoms with Gasteiger partial charge in [-0.1, -0.05) is 19.8 Å². The standard InChI is InChI=1S/C18H26N4O2S/c1-14-4-2-3-5-17(14)19-18(25)21-12-10-20(11-13-21)15-6-8-16(9-7-15)22(23)24/h6-9,14,17H,2-5,10-13H2,1H3,(H,19,25)/t14-,17+/m0/s1. The van der Waals surface area contributed by atoms with Crippen molar-refractivity contribution in [1.29, 1.82) is 0 Å². The zero-order valence-corrected chi connectivity index (χ0v) is 15.5. The maximum absolute atomic E-state index is 10.8. The molecule has 1 aliphatic heterocycles. The second kappa shape index (κ2) is 7.99. The van der Waals surface area contributed by atoms with Gasteiger partial charge in [-0.2, -0.15) is 0 Å². The molecule has 2 fully saturated rings. The van der Waals surface area contributed by atoms with Crippen molar-refractivity contribution in [3.05, 3.63) is 34.4 Å². The van der Waals surface area contributed by atoms with E-state index in [4.69, 9.17) is 12.2 Å². The molecule has 0 spiro atoms. The fourth-order valence-corrected chi connectivity index (χ4v) is 4.07. The summed E-state index contributed by atoms with van der Waals surface area (Å²) in [7, 11) is 0. The van der Waals surface area contributed by atoms with Gasteiger partial charge in [0.15, 0.2) is 5.11 Å². The number of non-ortho nitro benzene ring substituents is 1. The number of nitro groups is 1. The van der Waals surface area contributed by atoms with E-state index in [9.17, 15) is 10.1 Å². The predicted octanol–water partition coefficient (Wildman–Crippen LogP) is 3.17. The van der Waals surface area contributed by atoms with Gasteiger partial charge >= 0.3 is 0 Å². The third-order valence-corrected chi connectivity index (χ3v) is 5.79. The summed E-state index contributed by atoms with van der Waals surface area (Å²) in [5.41, 5.74) is 1.17. The molecular formula is C18H26N4O2S. The highest BCUT2D eigenvalue weighted by atomic mass is 32.1. The Bertz CT molecular complexity index is 614. The van der Waals surface area contributed by atoms with Gasteiger partial charge < -0.3 is 15.1 Å². The Labute approximate surface area is 154 Å². The van der Waals surface area contributed by atoms with Crippen LogP contribution < -0.4 is 10.2 Å². The minimum Gasteiger partial charge on any atom is -0.368 e. The van der Waals surface area contributed by atoms with E-state index in [1.807, 2.05) is 12.1 Å². The van der Waals surface area contributed by atoms with Crippen LogP contribution in [0.4, 0.5) is 11.4 Å². The van der Waals surface area contributed by atoms with Crippen molar-refractivity contribution in [1.82, 2.24) is 10.2 Å². The van der Waals surface area contributed by atoms with E-state index in [1.165, 1.54) is 25.7 Å². The fourth-order valence-electron chi connectivity index (χ4n) is 3.73. The van der Waals surface area contributed by atoms with Crippen molar-refractivity contribution in [2.24, 2.45) is 5.92 Å². The number of hydrogen-bond acceptors (Lipinski definition) is 4. The average molecular weight is 362 g/mol. The lowest BCUT2D eigenvalue weighted by Crippen LogP contribution is -2.54. The first-order chi connectivity index (χ1) is 12.0. The number of nitrogens with zero attached hydrogens (tertiary/aromatic N) is 3. The second-order valence-corrected chi connectivity index (χ2v) is 7.45. The minimum atomic E-state index is -0.363. The zero-order valence-electron chi connectivity index (χ0n) is 14.7. The van der Waals surface area contributed by atoms with Crippen molar-refractivity contribution in [2.45, 2.75) is 38.6 Å². The van der Waals surface area contributed by atoms with Crippen molar-refractivity contribution in [2.75, 3.05) is 31.1 Å². The highest BCUT2D eigenvalue weighted by Gasteiger charge is 2.25. The maximum atomic E-state index is 10.8. The quantitative estimate of drug-likeness (QED) is 0.506. The normalized spacial score (nSPS) is 24.0. The summed E-state index contributed by atoms with van der Waals surface area (Å²) in [5.74, 6) is 0.688. The Balaban J connectivity index is 1.51. The molecule has 1 heterocycles. The number of nitro benzene ring substituents is 1. The van der Waals surface area contributed by atoms with Gasteiger partial charge in [0.25, 0.3) is 5.69 Å². The van der Waals surface area contributed by atoms with Gasteiger partial charge in [-0.3, -0.25) is 10.1 Å². The van der Waals surface area contributed by atoms with Crippen LogP contribution in [0, 0.1) is 16.0 Å². The number of hydrogen-bond donors (Lipinski definition) is 1. The molecule has 136 valence electrons. The van der Waals surface area contributed by atoms with Crippen LogP contribution in [0.25, 0.3) is 0 Å². The third kappa shape index (κ3) is 4.39. The topological polar surface area (TPSA) is 61.6 Å². The first-order valence-electron chi connectivity index (χ1n) is 9.09. The van der Waals surface area contributed by atoms with Gasteiger partial charge in [0.1, 0.15) is 0 Å². The van der Waals surface area contributed by atoms with E-state index in [0.29, 0.717) is 12.0 Å². The minimum absolute atomic E-state index is 0.134. The maximum Gasteiger partial charge on any atom is 0.269 e. The Hall–Kier alpha value is -1.89. The predicted molar refractivity (Wildman–Crippen MR) is 104 cm³/mol. The molecule has 0 radical (unpaired) electrons. The zero-order chi connectivity index (χ0) is 17.8. The van der Waals surface area contributed by atoms with Gasteiger partial charge in [0, 0.05) is 50.0 Å². The fraction of sp³-hybridized carbons (Fsp3) is 0.611. The molecular weight excluding hydrogens is 336 g/mol. The number of piperazine rings is 1. The molecule has 1 N–H and O–H groups in total. The molecule has 2 atom stereocenters. The van der Waals surface area contributed by atoms with Gasteiger partial charge in [-0.05, 0) is 43.1 Å². The van der Waals surface area contributed by atoms with Crippen LogP contribution in [-0.2, 0) is 0 Å². The lowest BCUT2D eigenvalue weighted by molar-refractivity contribution is -0.384. The number of thiocarbonyl (C=S) groups is 1. The highest BCUT2D eigenvalue weighted by Crippen LogP contribution is 2.24. The Morgan fingerprint density at radius 1 is 1.16 bits per heavy atom. The van der Waals surface area contributed by atoms with Crippen molar-refractivity contribution >= 4 is 28.7 Å². The van der Waals surface area contributed by atoms with Crippen molar-refractivity contribution < 1.29 is 4.92 Å². The highest BCUT2D eigenvalue weighted by molar-refractivity contribution is 7.80. The molecule has 1 aromatic rings. The number of nitrogens with one attached hydrogen (secondary N) is 1. The van der Waals surface area contributed by atoms with Crippen LogP contribution in [0.2, 0.25) is 0 Å². The van der Waals surface area contributed by atoms with Gasteiger partial charge in [0.05, 0.1) is 4.92 Å². The average Bonchev–Trinajstić information content (AvgIpc) is 2.64.